The van der Waals surface area contributed by atoms with Crippen LogP contribution < -0.4 is 10.6 Å². The molecule has 0 spiro atoms. The van der Waals surface area contributed by atoms with Gasteiger partial charge in [-0.15, -0.1) is 0 Å². The van der Waals surface area contributed by atoms with E-state index in [1.165, 1.54) is 0 Å². The van der Waals surface area contributed by atoms with Crippen LogP contribution in [0.5, 0.6) is 0 Å². The Morgan fingerprint density at radius 2 is 1.43 bits per heavy atom. The van der Waals surface area contributed by atoms with Gasteiger partial charge in [-0.25, -0.2) is 22.0 Å². The summed E-state index contributed by atoms with van der Waals surface area (Å²) in [4.78, 5) is 12.2. The first-order chi connectivity index (χ1) is 13.4. The number of nitrogens with one attached hydrogen (secondary N) is 2. The number of aromatic nitrogens is 3. The Balaban J connectivity index is 1.61. The van der Waals surface area contributed by atoms with Crippen LogP contribution in [0.1, 0.15) is 52.1 Å². The number of halogens is 5. The second kappa shape index (κ2) is 6.78. The van der Waals surface area contributed by atoms with E-state index in [2.05, 4.69) is 25.6 Å². The fourth-order valence-corrected chi connectivity index (χ4v) is 3.57. The first-order valence-corrected chi connectivity index (χ1v) is 9.09. The minimum atomic E-state index is -2.77. The minimum Gasteiger partial charge on any atom is -0.386 e. The summed E-state index contributed by atoms with van der Waals surface area (Å²) in [7, 11) is 0. The number of nitrogens with zero attached hydrogens (tertiary/aromatic N) is 3. The SMILES string of the molecule is [2H][C@@]1(O)CCCC(c2nc(NC3CC(F)(F)C3)nc(NC3CC(F)(F)C3)n2)=C1F. The molecule has 0 saturated heterocycles. The molecular weight excluding hydrogens is 385 g/mol. The van der Waals surface area contributed by atoms with Gasteiger partial charge in [0.15, 0.2) is 5.82 Å². The summed E-state index contributed by atoms with van der Waals surface area (Å²) in [5.41, 5.74) is -0.0832. The average Bonchev–Trinajstić information content (AvgIpc) is 2.54. The number of rotatable bonds is 5. The van der Waals surface area contributed by atoms with Crippen molar-refractivity contribution in [1.82, 2.24) is 15.0 Å². The highest BCUT2D eigenvalue weighted by Crippen LogP contribution is 2.40. The van der Waals surface area contributed by atoms with E-state index >= 15 is 0 Å². The molecule has 0 aliphatic heterocycles. The Labute approximate surface area is 159 Å². The maximum absolute atomic E-state index is 14.6. The Morgan fingerprint density at radius 3 is 1.89 bits per heavy atom. The zero-order chi connectivity index (χ0) is 21.0. The number of allylic oxidation sites excluding steroid dienone is 1. The largest absolute Gasteiger partial charge is 0.386 e. The summed E-state index contributed by atoms with van der Waals surface area (Å²) in [6.07, 6.45) is -3.62. The van der Waals surface area contributed by atoms with Gasteiger partial charge in [-0.3, -0.25) is 0 Å². The lowest BCUT2D eigenvalue weighted by Gasteiger charge is -2.36. The van der Waals surface area contributed by atoms with E-state index in [-0.39, 0.29) is 36.1 Å². The number of anilines is 2. The van der Waals surface area contributed by atoms with E-state index in [1.807, 2.05) is 0 Å². The van der Waals surface area contributed by atoms with Crippen molar-refractivity contribution >= 4 is 17.5 Å². The molecule has 3 aliphatic rings. The van der Waals surface area contributed by atoms with Crippen molar-refractivity contribution in [2.24, 2.45) is 0 Å². The van der Waals surface area contributed by atoms with E-state index in [9.17, 15) is 27.1 Å². The van der Waals surface area contributed by atoms with Gasteiger partial charge in [-0.1, -0.05) is 0 Å². The third-order valence-corrected chi connectivity index (χ3v) is 5.11. The van der Waals surface area contributed by atoms with Crippen molar-refractivity contribution in [2.75, 3.05) is 10.6 Å². The van der Waals surface area contributed by atoms with Gasteiger partial charge in [0.2, 0.25) is 11.9 Å². The first kappa shape index (κ1) is 18.0. The van der Waals surface area contributed by atoms with Crippen LogP contribution in [0.2, 0.25) is 0 Å². The number of alkyl halides is 4. The van der Waals surface area contributed by atoms with Crippen molar-refractivity contribution in [3.05, 3.63) is 11.7 Å². The van der Waals surface area contributed by atoms with Gasteiger partial charge in [0.25, 0.3) is 11.8 Å². The molecule has 0 aromatic carbocycles. The van der Waals surface area contributed by atoms with Gasteiger partial charge in [-0.2, -0.15) is 15.0 Å². The van der Waals surface area contributed by atoms with Crippen LogP contribution in [0, 0.1) is 0 Å². The molecule has 6 nitrogen and oxygen atoms in total. The second-order valence-corrected chi connectivity index (χ2v) is 7.61. The molecular formula is C17H20F5N5O. The number of aliphatic hydroxyl groups is 1. The smallest absolute Gasteiger partial charge is 0.252 e. The van der Waals surface area contributed by atoms with Crippen molar-refractivity contribution in [1.29, 1.82) is 0 Å². The zero-order valence-corrected chi connectivity index (χ0v) is 14.8. The molecule has 3 aliphatic carbocycles. The molecule has 0 bridgehead atoms. The van der Waals surface area contributed by atoms with Crippen LogP contribution in [0.15, 0.2) is 5.83 Å². The van der Waals surface area contributed by atoms with Gasteiger partial charge in [0, 0.05) is 43.3 Å². The molecule has 1 aromatic rings. The quantitative estimate of drug-likeness (QED) is 0.649. The van der Waals surface area contributed by atoms with Crippen LogP contribution in [0.4, 0.5) is 33.8 Å². The minimum absolute atomic E-state index is 0.0832. The van der Waals surface area contributed by atoms with Gasteiger partial charge in [0.1, 0.15) is 11.9 Å². The molecule has 2 saturated carbocycles. The number of hydrogen-bond donors (Lipinski definition) is 3. The highest BCUT2D eigenvalue weighted by Gasteiger charge is 2.46. The molecule has 0 amide bonds. The van der Waals surface area contributed by atoms with Crippen molar-refractivity contribution in [3.8, 4) is 0 Å². The van der Waals surface area contributed by atoms with Crippen LogP contribution in [0.3, 0.4) is 0 Å². The molecule has 0 radical (unpaired) electrons. The van der Waals surface area contributed by atoms with Crippen molar-refractivity contribution < 1.29 is 28.4 Å². The van der Waals surface area contributed by atoms with Gasteiger partial charge in [-0.05, 0) is 19.3 Å². The Kier molecular flexibility index (Phi) is 4.37. The third kappa shape index (κ3) is 4.03. The molecule has 1 heterocycles. The van der Waals surface area contributed by atoms with E-state index in [4.69, 9.17) is 1.37 Å². The topological polar surface area (TPSA) is 83.0 Å². The summed E-state index contributed by atoms with van der Waals surface area (Å²) in [6.45, 7) is 0. The molecule has 1 atom stereocenters. The predicted molar refractivity (Wildman–Crippen MR) is 90.9 cm³/mol. The predicted octanol–water partition coefficient (Wildman–Crippen LogP) is 3.52. The molecule has 154 valence electrons. The van der Waals surface area contributed by atoms with Crippen LogP contribution in [-0.4, -0.2) is 50.1 Å². The van der Waals surface area contributed by atoms with Crippen molar-refractivity contribution in [3.63, 3.8) is 0 Å². The Morgan fingerprint density at radius 1 is 0.929 bits per heavy atom. The third-order valence-electron chi connectivity index (χ3n) is 5.11. The maximum Gasteiger partial charge on any atom is 0.252 e. The molecule has 2 fully saturated rings. The zero-order valence-electron chi connectivity index (χ0n) is 15.8. The summed E-state index contributed by atoms with van der Waals surface area (Å²) in [6, 6.07) is -1.17. The molecule has 0 unspecified atom stereocenters. The van der Waals surface area contributed by atoms with E-state index in [0.717, 1.165) is 0 Å². The average molecular weight is 406 g/mol. The highest BCUT2D eigenvalue weighted by molar-refractivity contribution is 5.65. The second-order valence-electron chi connectivity index (χ2n) is 7.61. The maximum atomic E-state index is 14.6. The van der Waals surface area contributed by atoms with Gasteiger partial charge in [0.05, 0.1) is 1.37 Å². The summed E-state index contributed by atoms with van der Waals surface area (Å²) in [5, 5.41) is 15.3. The van der Waals surface area contributed by atoms with Crippen molar-refractivity contribution in [2.45, 2.75) is 75.0 Å². The summed E-state index contributed by atoms with van der Waals surface area (Å²) in [5.74, 6) is -6.98. The first-order valence-electron chi connectivity index (χ1n) is 9.59. The fourth-order valence-electron chi connectivity index (χ4n) is 3.57. The van der Waals surface area contributed by atoms with E-state index in [0.29, 0.717) is 6.42 Å². The van der Waals surface area contributed by atoms with Gasteiger partial charge < -0.3 is 15.7 Å². The molecule has 28 heavy (non-hydrogen) atoms. The molecule has 1 aromatic heterocycles. The van der Waals surface area contributed by atoms with Crippen LogP contribution in [0.25, 0.3) is 5.57 Å². The Bertz CT molecular complexity index is 789. The molecule has 3 N–H and O–H groups in total. The standard InChI is InChI=1S/C17H20F5N5O/c18-12-10(2-1-3-11(12)28)13-25-14(23-8-4-16(19,20)5-8)27-15(26-13)24-9-6-17(21,22)7-9/h8-9,11,28H,1-7H2,(H2,23,24,25,26,27)/t11-/m1/s1/i11D. The lowest BCUT2D eigenvalue weighted by atomic mass is 9.88. The number of hydrogen-bond acceptors (Lipinski definition) is 6. The van der Waals surface area contributed by atoms with Crippen LogP contribution in [-0.2, 0) is 0 Å². The monoisotopic (exact) mass is 406 g/mol. The Hall–Kier alpha value is -2.04. The van der Waals surface area contributed by atoms with E-state index < -0.39 is 61.5 Å². The molecule has 4 rings (SSSR count). The van der Waals surface area contributed by atoms with E-state index in [1.54, 1.807) is 0 Å². The lowest BCUT2D eigenvalue weighted by molar-refractivity contribution is -0.0799. The lowest BCUT2D eigenvalue weighted by Crippen LogP contribution is -2.45. The summed E-state index contributed by atoms with van der Waals surface area (Å²) < 4.78 is 74.6. The summed E-state index contributed by atoms with van der Waals surface area (Å²) >= 11 is 0. The van der Waals surface area contributed by atoms with Crippen LogP contribution >= 0.6 is 0 Å². The normalized spacial score (nSPS) is 30.3. The fraction of sp³-hybridized carbons (Fsp3) is 0.706. The highest BCUT2D eigenvalue weighted by atomic mass is 19.3. The van der Waals surface area contributed by atoms with Gasteiger partial charge >= 0.3 is 0 Å². The molecule has 11 heteroatoms.